The Morgan fingerprint density at radius 3 is 2.81 bits per heavy atom. The molecule has 0 fully saturated rings. The second-order valence-corrected chi connectivity index (χ2v) is 37.3. The standard InChI is InChI=1S/C6H8NO.C4H9S.2BrH.Sn/c1-5(7)6-3-2-4-8-6;1-3-5-4-2;;;/h2,4-5H,7H2,1H3;1,3-4H2,2H3;2*1H;/q;;;;+2/p-2. The van der Waals surface area contributed by atoms with Crippen molar-refractivity contribution in [2.75, 3.05) is 11.5 Å². The van der Waals surface area contributed by atoms with Crippen molar-refractivity contribution in [3.63, 3.8) is 0 Å². The fraction of sp³-hybridized carbons (Fsp3) is 0.600. The van der Waals surface area contributed by atoms with Crippen molar-refractivity contribution in [3.8, 4) is 0 Å². The molecular weight excluding hydrogens is 461 g/mol. The Kier molecular flexibility index (Phi) is 6.80. The van der Waals surface area contributed by atoms with Crippen molar-refractivity contribution in [1.82, 2.24) is 0 Å². The van der Waals surface area contributed by atoms with Gasteiger partial charge in [0, 0.05) is 0 Å². The molecule has 1 rings (SSSR count). The average molecular weight is 478 g/mol. The van der Waals surface area contributed by atoms with Gasteiger partial charge in [-0.05, 0) is 0 Å². The molecule has 16 heavy (non-hydrogen) atoms. The van der Waals surface area contributed by atoms with Crippen LogP contribution in [0.4, 0.5) is 0 Å². The molecule has 0 spiro atoms. The van der Waals surface area contributed by atoms with Gasteiger partial charge in [0.2, 0.25) is 0 Å². The number of halogens is 2. The first-order valence-corrected chi connectivity index (χ1v) is 22.7. The molecule has 1 unspecified atom stereocenters. The molecule has 0 aliphatic heterocycles. The van der Waals surface area contributed by atoms with Gasteiger partial charge in [0.15, 0.2) is 0 Å². The van der Waals surface area contributed by atoms with Gasteiger partial charge in [-0.15, -0.1) is 0 Å². The van der Waals surface area contributed by atoms with Gasteiger partial charge in [-0.25, -0.2) is 0 Å². The predicted molar refractivity (Wildman–Crippen MR) is 82.4 cm³/mol. The molecule has 2 N–H and O–H groups in total. The van der Waals surface area contributed by atoms with E-state index in [1.165, 1.54) is 19.5 Å². The Morgan fingerprint density at radius 2 is 2.25 bits per heavy atom. The van der Waals surface area contributed by atoms with Crippen LogP contribution in [0.5, 0.6) is 0 Å². The van der Waals surface area contributed by atoms with E-state index < -0.39 is 13.9 Å². The summed E-state index contributed by atoms with van der Waals surface area (Å²) in [5.74, 6) is 3.30. The van der Waals surface area contributed by atoms with E-state index in [2.05, 4.69) is 38.4 Å². The summed E-state index contributed by atoms with van der Waals surface area (Å²) in [6.07, 6.45) is 1.75. The number of rotatable bonds is 6. The molecule has 0 bridgehead atoms. The molecule has 6 heteroatoms. The Labute approximate surface area is 117 Å². The zero-order valence-electron chi connectivity index (χ0n) is 9.50. The van der Waals surface area contributed by atoms with Gasteiger partial charge in [-0.3, -0.25) is 0 Å². The summed E-state index contributed by atoms with van der Waals surface area (Å²) in [5.41, 5.74) is 5.90. The van der Waals surface area contributed by atoms with Crippen LogP contribution >= 0.6 is 37.2 Å². The SMILES string of the molecule is CCSC[CH2][Sn]([Br])([Br])[c]1ccoc1C(C)N. The van der Waals surface area contributed by atoms with E-state index in [-0.39, 0.29) is 6.04 Å². The molecule has 2 nitrogen and oxygen atoms in total. The van der Waals surface area contributed by atoms with Crippen molar-refractivity contribution < 1.29 is 4.42 Å². The van der Waals surface area contributed by atoms with Crippen LogP contribution in [0.15, 0.2) is 16.7 Å². The minimum absolute atomic E-state index is 0.0324. The van der Waals surface area contributed by atoms with E-state index in [0.717, 1.165) is 5.76 Å². The second-order valence-electron chi connectivity index (χ2n) is 3.64. The summed E-state index contributed by atoms with van der Waals surface area (Å²) in [5, 5.41) is 0. The van der Waals surface area contributed by atoms with Crippen LogP contribution in [0.3, 0.4) is 0 Å². The van der Waals surface area contributed by atoms with E-state index >= 15 is 0 Å². The summed E-state index contributed by atoms with van der Waals surface area (Å²) in [6, 6.07) is 2.03. The van der Waals surface area contributed by atoms with Crippen molar-refractivity contribution in [1.29, 1.82) is 0 Å². The normalized spacial score (nSPS) is 14.1. The molecule has 0 saturated carbocycles. The number of hydrogen-bond acceptors (Lipinski definition) is 3. The van der Waals surface area contributed by atoms with Crippen LogP contribution in [0.2, 0.25) is 4.44 Å². The molecule has 1 atom stereocenters. The average Bonchev–Trinajstić information content (AvgIpc) is 2.66. The van der Waals surface area contributed by atoms with E-state index in [1.54, 1.807) is 6.26 Å². The Bertz CT molecular complexity index is 330. The number of furan rings is 1. The van der Waals surface area contributed by atoms with E-state index in [0.29, 0.717) is 0 Å². The van der Waals surface area contributed by atoms with Crippen molar-refractivity contribution in [2.45, 2.75) is 24.3 Å². The third-order valence-corrected chi connectivity index (χ3v) is 21.2. The van der Waals surface area contributed by atoms with Crippen LogP contribution in [-0.4, -0.2) is 25.4 Å². The predicted octanol–water partition coefficient (Wildman–Crippen LogP) is 3.49. The molecule has 1 aromatic heterocycles. The summed E-state index contributed by atoms with van der Waals surface area (Å²) in [6.45, 7) is 4.15. The van der Waals surface area contributed by atoms with Crippen molar-refractivity contribution in [2.24, 2.45) is 5.73 Å². The molecule has 92 valence electrons. The molecule has 0 aromatic carbocycles. The van der Waals surface area contributed by atoms with E-state index in [4.69, 9.17) is 10.2 Å². The van der Waals surface area contributed by atoms with Crippen LogP contribution in [0, 0.1) is 0 Å². The fourth-order valence-corrected chi connectivity index (χ4v) is 20.0. The molecule has 0 aliphatic rings. The maximum absolute atomic E-state index is 5.90. The van der Waals surface area contributed by atoms with Gasteiger partial charge < -0.3 is 0 Å². The molecule has 0 amide bonds. The van der Waals surface area contributed by atoms with Gasteiger partial charge in [0.05, 0.1) is 0 Å². The molecule has 1 heterocycles. The second kappa shape index (κ2) is 7.06. The number of thioether (sulfide) groups is 1. The summed E-state index contributed by atoms with van der Waals surface area (Å²) in [7, 11) is 0. The molecule has 0 saturated heterocycles. The first-order chi connectivity index (χ1) is 7.49. The zero-order valence-corrected chi connectivity index (χ0v) is 16.3. The first-order valence-electron chi connectivity index (χ1n) is 5.28. The fourth-order valence-electron chi connectivity index (χ4n) is 1.46. The van der Waals surface area contributed by atoms with Gasteiger partial charge in [-0.1, -0.05) is 0 Å². The Hall–Kier alpha value is 1.35. The molecule has 0 radical (unpaired) electrons. The Balaban J connectivity index is 2.76. The van der Waals surface area contributed by atoms with Gasteiger partial charge in [0.25, 0.3) is 0 Å². The third-order valence-electron chi connectivity index (χ3n) is 2.27. The minimum atomic E-state index is -2.52. The molecule has 1 aromatic rings. The summed E-state index contributed by atoms with van der Waals surface area (Å²) in [4.78, 5) is 0. The van der Waals surface area contributed by atoms with E-state index in [9.17, 15) is 0 Å². The first kappa shape index (κ1) is 15.4. The number of nitrogens with two attached hydrogens (primary N) is 1. The van der Waals surface area contributed by atoms with Crippen LogP contribution < -0.4 is 9.31 Å². The van der Waals surface area contributed by atoms with Crippen LogP contribution in [-0.2, 0) is 0 Å². The van der Waals surface area contributed by atoms with Crippen LogP contribution in [0.1, 0.15) is 25.6 Å². The zero-order chi connectivity index (χ0) is 12.2. The monoisotopic (exact) mass is 477 g/mol. The van der Waals surface area contributed by atoms with Gasteiger partial charge >= 0.3 is 119 Å². The van der Waals surface area contributed by atoms with Crippen LogP contribution in [0.25, 0.3) is 0 Å². The third kappa shape index (κ3) is 4.22. The topological polar surface area (TPSA) is 39.2 Å². The molecule has 0 aliphatic carbocycles. The summed E-state index contributed by atoms with van der Waals surface area (Å²) < 4.78 is 7.99. The summed E-state index contributed by atoms with van der Waals surface area (Å²) >= 11 is 7.29. The van der Waals surface area contributed by atoms with Gasteiger partial charge in [-0.2, -0.15) is 0 Å². The Morgan fingerprint density at radius 1 is 1.56 bits per heavy atom. The quantitative estimate of drug-likeness (QED) is 0.504. The van der Waals surface area contributed by atoms with Crippen molar-refractivity contribution in [3.05, 3.63) is 18.1 Å². The van der Waals surface area contributed by atoms with E-state index in [1.807, 2.05) is 18.7 Å². The van der Waals surface area contributed by atoms with Crippen molar-refractivity contribution >= 4 is 54.7 Å². The number of hydrogen-bond donors (Lipinski definition) is 1. The maximum atomic E-state index is 5.90. The van der Waals surface area contributed by atoms with Gasteiger partial charge in [0.1, 0.15) is 0 Å². The molecular formula is C10H17Br2NOSSn.